The maximum absolute atomic E-state index is 13.0. The van der Waals surface area contributed by atoms with E-state index in [0.717, 1.165) is 61.2 Å². The monoisotopic (exact) mass is 396 g/mol. The topological polar surface area (TPSA) is 84.3 Å². The number of hydrogen-bond acceptors (Lipinski definition) is 4. The van der Waals surface area contributed by atoms with Gasteiger partial charge in [0.2, 0.25) is 15.9 Å². The van der Waals surface area contributed by atoms with E-state index in [4.69, 9.17) is 0 Å². The van der Waals surface area contributed by atoms with Gasteiger partial charge >= 0.3 is 0 Å². The van der Waals surface area contributed by atoms with Crippen LogP contribution in [0.15, 0.2) is 0 Å². The van der Waals surface area contributed by atoms with Crippen LogP contribution in [0.25, 0.3) is 0 Å². The van der Waals surface area contributed by atoms with E-state index in [0.29, 0.717) is 13.1 Å². The van der Waals surface area contributed by atoms with Gasteiger partial charge in [0.1, 0.15) is 0 Å². The van der Waals surface area contributed by atoms with Crippen LogP contribution in [0.1, 0.15) is 69.4 Å². The largest absolute Gasteiger partial charge is 0.336 e. The molecule has 1 aliphatic carbocycles. The highest BCUT2D eigenvalue weighted by molar-refractivity contribution is 7.88. The second kappa shape index (κ2) is 7.91. The minimum Gasteiger partial charge on any atom is -0.336 e. The van der Waals surface area contributed by atoms with Crippen molar-refractivity contribution in [2.45, 2.75) is 72.0 Å². The number of rotatable bonds is 5. The molecule has 2 aliphatic rings. The van der Waals surface area contributed by atoms with E-state index in [9.17, 15) is 13.2 Å². The quantitative estimate of drug-likeness (QED) is 0.827. The molecular weight excluding hydrogens is 364 g/mol. The number of carbonyl (C=O) groups is 1. The van der Waals surface area contributed by atoms with Gasteiger partial charge < -0.3 is 4.90 Å². The van der Waals surface area contributed by atoms with Crippen LogP contribution in [0, 0.1) is 11.8 Å². The number of aromatic nitrogens is 2. The highest BCUT2D eigenvalue weighted by atomic mass is 32.2. The van der Waals surface area contributed by atoms with E-state index < -0.39 is 10.0 Å². The Bertz CT molecular complexity index is 792. The number of nitrogens with one attached hydrogen (secondary N) is 1. The van der Waals surface area contributed by atoms with Crippen LogP contribution in [0.4, 0.5) is 0 Å². The van der Waals surface area contributed by atoms with Gasteiger partial charge in [-0.1, -0.05) is 6.92 Å². The van der Waals surface area contributed by atoms with Gasteiger partial charge in [0.25, 0.3) is 0 Å². The molecule has 2 heterocycles. The predicted molar refractivity (Wildman–Crippen MR) is 105 cm³/mol. The summed E-state index contributed by atoms with van der Waals surface area (Å²) < 4.78 is 27.4. The van der Waals surface area contributed by atoms with E-state index in [-0.39, 0.29) is 24.4 Å². The summed E-state index contributed by atoms with van der Waals surface area (Å²) >= 11 is 0. The summed E-state index contributed by atoms with van der Waals surface area (Å²) in [6.07, 6.45) is 6.16. The van der Waals surface area contributed by atoms with Crippen LogP contribution >= 0.6 is 0 Å². The Morgan fingerprint density at radius 3 is 2.52 bits per heavy atom. The zero-order valence-electron chi connectivity index (χ0n) is 16.9. The Morgan fingerprint density at radius 2 is 1.93 bits per heavy atom. The first-order chi connectivity index (χ1) is 12.7. The fraction of sp³-hybridized carbons (Fsp3) is 0.789. The molecule has 0 atom stereocenters. The zero-order valence-corrected chi connectivity index (χ0v) is 17.7. The van der Waals surface area contributed by atoms with E-state index in [1.165, 1.54) is 0 Å². The lowest BCUT2D eigenvalue weighted by atomic mass is 9.82. The number of carbonyl (C=O) groups excluding carboxylic acids is 1. The molecule has 7 nitrogen and oxygen atoms in total. The van der Waals surface area contributed by atoms with Crippen molar-refractivity contribution in [2.24, 2.45) is 11.8 Å². The lowest BCUT2D eigenvalue weighted by molar-refractivity contribution is -0.137. The maximum atomic E-state index is 13.0. The molecule has 0 aromatic carbocycles. The normalized spacial score (nSPS) is 23.5. The smallest absolute Gasteiger partial charge is 0.226 e. The molecule has 1 aliphatic heterocycles. The van der Waals surface area contributed by atoms with Gasteiger partial charge in [-0.15, -0.1) is 0 Å². The first-order valence-electron chi connectivity index (χ1n) is 9.98. The number of amides is 1. The maximum Gasteiger partial charge on any atom is 0.226 e. The van der Waals surface area contributed by atoms with Crippen LogP contribution in [-0.2, 0) is 34.3 Å². The highest BCUT2D eigenvalue weighted by Crippen LogP contribution is 2.32. The van der Waals surface area contributed by atoms with Crippen LogP contribution in [0.2, 0.25) is 0 Å². The Kier molecular flexibility index (Phi) is 5.96. The van der Waals surface area contributed by atoms with Gasteiger partial charge in [0.05, 0.1) is 30.7 Å². The van der Waals surface area contributed by atoms with E-state index in [1.807, 2.05) is 9.58 Å². The third kappa shape index (κ3) is 4.71. The molecule has 1 aromatic rings. The van der Waals surface area contributed by atoms with Crippen molar-refractivity contribution < 1.29 is 13.2 Å². The van der Waals surface area contributed by atoms with Crippen LogP contribution in [0.3, 0.4) is 0 Å². The number of nitrogens with zero attached hydrogens (tertiary/aromatic N) is 3. The predicted octanol–water partition coefficient (Wildman–Crippen LogP) is 2.22. The van der Waals surface area contributed by atoms with Crippen LogP contribution < -0.4 is 4.72 Å². The fourth-order valence-corrected chi connectivity index (χ4v) is 4.64. The van der Waals surface area contributed by atoms with Crippen LogP contribution in [-0.4, -0.2) is 41.8 Å². The van der Waals surface area contributed by atoms with Crippen molar-refractivity contribution in [3.05, 3.63) is 17.0 Å². The van der Waals surface area contributed by atoms with E-state index >= 15 is 0 Å². The molecular formula is C19H32N4O3S. The first kappa shape index (κ1) is 20.3. The van der Waals surface area contributed by atoms with Crippen molar-refractivity contribution in [1.29, 1.82) is 0 Å². The van der Waals surface area contributed by atoms with Crippen molar-refractivity contribution >= 4 is 15.9 Å². The molecule has 0 bridgehead atoms. The Morgan fingerprint density at radius 1 is 1.26 bits per heavy atom. The van der Waals surface area contributed by atoms with E-state index in [1.54, 1.807) is 0 Å². The average Bonchev–Trinajstić information content (AvgIpc) is 2.97. The van der Waals surface area contributed by atoms with Gasteiger partial charge in [-0.2, -0.15) is 5.10 Å². The third-order valence-corrected chi connectivity index (χ3v) is 6.51. The number of fused-ring (bicyclic) bond motifs is 1. The summed E-state index contributed by atoms with van der Waals surface area (Å²) in [6, 6.07) is 0.163. The summed E-state index contributed by atoms with van der Waals surface area (Å²) in [5.41, 5.74) is 2.93. The Labute approximate surface area is 162 Å². The number of sulfonamides is 1. The molecule has 27 heavy (non-hydrogen) atoms. The van der Waals surface area contributed by atoms with Gasteiger partial charge in [-0.3, -0.25) is 9.48 Å². The number of hydrogen-bond donors (Lipinski definition) is 1. The molecule has 1 amide bonds. The van der Waals surface area contributed by atoms with Gasteiger partial charge in [-0.25, -0.2) is 13.1 Å². The minimum absolute atomic E-state index is 0.157. The van der Waals surface area contributed by atoms with Crippen molar-refractivity contribution in [3.8, 4) is 0 Å². The molecule has 1 N–H and O–H groups in total. The molecule has 1 saturated carbocycles. The summed E-state index contributed by atoms with van der Waals surface area (Å²) in [6.45, 7) is 7.85. The molecule has 0 radical (unpaired) electrons. The summed E-state index contributed by atoms with van der Waals surface area (Å²) in [4.78, 5) is 15.0. The van der Waals surface area contributed by atoms with Gasteiger partial charge in [0.15, 0.2) is 0 Å². The van der Waals surface area contributed by atoms with Gasteiger partial charge in [-0.05, 0) is 51.9 Å². The Hall–Kier alpha value is -1.41. The standard InChI is InChI=1S/C19H32N4O3S/c1-13(2)23-18-12-22(19(24)15-7-5-14(3)6-8-15)10-9-16(18)17(21-23)11-20-27(4,25)26/h13-15,20H,5-12H2,1-4H3. The van der Waals surface area contributed by atoms with E-state index in [2.05, 4.69) is 30.6 Å². The van der Waals surface area contributed by atoms with Gasteiger partial charge in [0, 0.05) is 24.1 Å². The zero-order chi connectivity index (χ0) is 19.8. The minimum atomic E-state index is -3.27. The first-order valence-corrected chi connectivity index (χ1v) is 11.9. The molecule has 152 valence electrons. The Balaban J connectivity index is 1.77. The molecule has 1 aromatic heterocycles. The lowest BCUT2D eigenvalue weighted by Crippen LogP contribution is -2.41. The van der Waals surface area contributed by atoms with Crippen molar-refractivity contribution in [3.63, 3.8) is 0 Å². The van der Waals surface area contributed by atoms with Crippen LogP contribution in [0.5, 0.6) is 0 Å². The molecule has 3 rings (SSSR count). The highest BCUT2D eigenvalue weighted by Gasteiger charge is 2.32. The van der Waals surface area contributed by atoms with Crippen molar-refractivity contribution in [1.82, 2.24) is 19.4 Å². The second-order valence-electron chi connectivity index (χ2n) is 8.47. The molecule has 0 spiro atoms. The SMILES string of the molecule is CC1CCC(C(=O)N2CCc3c(CNS(C)(=O)=O)nn(C(C)C)c3C2)CC1. The fourth-order valence-electron chi connectivity index (χ4n) is 4.24. The summed E-state index contributed by atoms with van der Waals surface area (Å²) in [5, 5.41) is 4.66. The molecule has 1 fully saturated rings. The summed E-state index contributed by atoms with van der Waals surface area (Å²) in [7, 11) is -3.27. The third-order valence-electron chi connectivity index (χ3n) is 5.84. The van der Waals surface area contributed by atoms with Crippen molar-refractivity contribution in [2.75, 3.05) is 12.8 Å². The second-order valence-corrected chi connectivity index (χ2v) is 10.3. The molecule has 0 saturated heterocycles. The molecule has 8 heteroatoms. The lowest BCUT2D eigenvalue weighted by Gasteiger charge is -2.34. The summed E-state index contributed by atoms with van der Waals surface area (Å²) in [5.74, 6) is 1.17. The molecule has 0 unspecified atom stereocenters. The average molecular weight is 397 g/mol.